The molecule has 146 valence electrons. The molecule has 9 heteroatoms. The van der Waals surface area contributed by atoms with E-state index in [1.165, 1.54) is 22.1 Å². The van der Waals surface area contributed by atoms with Crippen molar-refractivity contribution in [3.63, 3.8) is 0 Å². The summed E-state index contributed by atoms with van der Waals surface area (Å²) in [4.78, 5) is 25.3. The molecule has 8 nitrogen and oxygen atoms in total. The molecule has 2 heterocycles. The summed E-state index contributed by atoms with van der Waals surface area (Å²) in [6.45, 7) is 7.30. The molecule has 0 bridgehead atoms. The van der Waals surface area contributed by atoms with Gasteiger partial charge in [-0.1, -0.05) is 36.5 Å². The monoisotopic (exact) mass is 399 g/mol. The number of hydrogen-bond donors (Lipinski definition) is 1. The van der Waals surface area contributed by atoms with Crippen LogP contribution in [-0.2, 0) is 11.2 Å². The van der Waals surface area contributed by atoms with Crippen LogP contribution in [0.4, 0.5) is 5.13 Å². The maximum absolute atomic E-state index is 12.7. The average molecular weight is 399 g/mol. The van der Waals surface area contributed by atoms with Crippen molar-refractivity contribution in [1.29, 1.82) is 0 Å². The smallest absolute Gasteiger partial charge is 0.357 e. The summed E-state index contributed by atoms with van der Waals surface area (Å²) in [6.07, 6.45) is 0.735. The zero-order chi connectivity index (χ0) is 20.3. The molecule has 3 aromatic rings. The van der Waals surface area contributed by atoms with Crippen molar-refractivity contribution in [1.82, 2.24) is 20.0 Å². The molecule has 0 unspecified atom stereocenters. The van der Waals surface area contributed by atoms with Gasteiger partial charge in [0.25, 0.3) is 5.91 Å². The Labute approximate surface area is 166 Å². The third-order valence-corrected chi connectivity index (χ3v) is 4.52. The second-order valence-corrected chi connectivity index (χ2v) is 8.03. The van der Waals surface area contributed by atoms with E-state index in [-0.39, 0.29) is 11.4 Å². The van der Waals surface area contributed by atoms with Crippen molar-refractivity contribution < 1.29 is 14.3 Å². The van der Waals surface area contributed by atoms with Crippen LogP contribution in [0.2, 0.25) is 0 Å². The van der Waals surface area contributed by atoms with Gasteiger partial charge in [-0.3, -0.25) is 10.1 Å². The van der Waals surface area contributed by atoms with Gasteiger partial charge in [-0.2, -0.15) is 5.10 Å². The molecule has 0 radical (unpaired) electrons. The van der Waals surface area contributed by atoms with Crippen LogP contribution in [0.1, 0.15) is 53.7 Å². The first kappa shape index (κ1) is 19.7. The topological polar surface area (TPSA) is 99.0 Å². The fourth-order valence-corrected chi connectivity index (χ4v) is 3.02. The minimum Gasteiger partial charge on any atom is -0.455 e. The minimum atomic E-state index is -0.672. The lowest BCUT2D eigenvalue weighted by atomic mass is 10.2. The second kappa shape index (κ2) is 7.89. The Morgan fingerprint density at radius 3 is 2.50 bits per heavy atom. The van der Waals surface area contributed by atoms with Gasteiger partial charge in [0.15, 0.2) is 11.4 Å². The maximum Gasteiger partial charge on any atom is 0.357 e. The molecule has 3 rings (SSSR count). The molecule has 0 fully saturated rings. The lowest BCUT2D eigenvalue weighted by Gasteiger charge is -2.19. The van der Waals surface area contributed by atoms with E-state index in [9.17, 15) is 9.59 Å². The third kappa shape index (κ3) is 4.61. The Hall–Kier alpha value is -3.07. The molecule has 1 aromatic carbocycles. The standard InChI is InChI=1S/C19H21N5O3S/c1-5-15-21-22-18(28-15)20-16(25)13-11-14(17(26)27-19(2,3)4)24(23-13)12-9-7-6-8-10-12/h6-11H,5H2,1-4H3,(H,20,22,25). The second-order valence-electron chi connectivity index (χ2n) is 6.97. The van der Waals surface area contributed by atoms with Gasteiger partial charge in [-0.05, 0) is 39.3 Å². The Bertz CT molecular complexity index is 989. The van der Waals surface area contributed by atoms with E-state index in [4.69, 9.17) is 4.74 Å². The fraction of sp³-hybridized carbons (Fsp3) is 0.316. The number of nitrogens with one attached hydrogen (secondary N) is 1. The van der Waals surface area contributed by atoms with Gasteiger partial charge in [0, 0.05) is 6.07 Å². The third-order valence-electron chi connectivity index (χ3n) is 3.54. The number of carbonyl (C=O) groups excluding carboxylic acids is 2. The first-order chi connectivity index (χ1) is 13.3. The number of anilines is 1. The molecule has 0 aliphatic rings. The van der Waals surface area contributed by atoms with Gasteiger partial charge in [0.2, 0.25) is 5.13 Å². The Balaban J connectivity index is 1.94. The summed E-state index contributed by atoms with van der Waals surface area (Å²) in [5.41, 5.74) is 0.219. The molecule has 0 aliphatic heterocycles. The first-order valence-corrected chi connectivity index (χ1v) is 9.61. The van der Waals surface area contributed by atoms with Crippen molar-refractivity contribution in [2.75, 3.05) is 5.32 Å². The number of esters is 1. The highest BCUT2D eigenvalue weighted by Crippen LogP contribution is 2.20. The van der Waals surface area contributed by atoms with Gasteiger partial charge in [-0.15, -0.1) is 10.2 Å². The quantitative estimate of drug-likeness (QED) is 0.659. The molecule has 1 N–H and O–H groups in total. The Morgan fingerprint density at radius 2 is 1.89 bits per heavy atom. The minimum absolute atomic E-state index is 0.0814. The molecular formula is C19H21N5O3S. The maximum atomic E-state index is 12.7. The molecular weight excluding hydrogens is 378 g/mol. The van der Waals surface area contributed by atoms with E-state index in [1.807, 2.05) is 25.1 Å². The molecule has 2 aromatic heterocycles. The lowest BCUT2D eigenvalue weighted by Crippen LogP contribution is -2.25. The summed E-state index contributed by atoms with van der Waals surface area (Å²) in [7, 11) is 0. The molecule has 28 heavy (non-hydrogen) atoms. The van der Waals surface area contributed by atoms with Crippen molar-refractivity contribution >= 4 is 28.3 Å². The van der Waals surface area contributed by atoms with Crippen molar-refractivity contribution in [3.8, 4) is 5.69 Å². The molecule has 0 saturated carbocycles. The van der Waals surface area contributed by atoms with Gasteiger partial charge < -0.3 is 4.74 Å². The van der Waals surface area contributed by atoms with Crippen LogP contribution in [0.25, 0.3) is 5.69 Å². The summed E-state index contributed by atoms with van der Waals surface area (Å²) in [5, 5.41) is 16.1. The number of para-hydroxylation sites is 1. The van der Waals surface area contributed by atoms with Crippen molar-refractivity contribution in [2.24, 2.45) is 0 Å². The van der Waals surface area contributed by atoms with E-state index in [0.717, 1.165) is 11.4 Å². The number of ether oxygens (including phenoxy) is 1. The average Bonchev–Trinajstić information content (AvgIpc) is 3.28. The highest BCUT2D eigenvalue weighted by Gasteiger charge is 2.25. The van der Waals surface area contributed by atoms with E-state index in [1.54, 1.807) is 32.9 Å². The number of aromatic nitrogens is 4. The van der Waals surface area contributed by atoms with E-state index in [0.29, 0.717) is 10.8 Å². The Kier molecular flexibility index (Phi) is 5.55. The van der Waals surface area contributed by atoms with Crippen LogP contribution in [0.15, 0.2) is 36.4 Å². The van der Waals surface area contributed by atoms with Gasteiger partial charge in [0.1, 0.15) is 10.6 Å². The zero-order valence-corrected chi connectivity index (χ0v) is 16.9. The lowest BCUT2D eigenvalue weighted by molar-refractivity contribution is 0.00593. The SMILES string of the molecule is CCc1nnc(NC(=O)c2cc(C(=O)OC(C)(C)C)n(-c3ccccc3)n2)s1. The van der Waals surface area contributed by atoms with Gasteiger partial charge in [0.05, 0.1) is 5.69 Å². The predicted octanol–water partition coefficient (Wildman–Crippen LogP) is 3.49. The zero-order valence-electron chi connectivity index (χ0n) is 16.1. The number of nitrogens with zero attached hydrogens (tertiary/aromatic N) is 4. The number of aryl methyl sites for hydroxylation is 1. The first-order valence-electron chi connectivity index (χ1n) is 8.79. The van der Waals surface area contributed by atoms with Crippen molar-refractivity contribution in [3.05, 3.63) is 52.8 Å². The van der Waals surface area contributed by atoms with Crippen LogP contribution < -0.4 is 5.32 Å². The number of carbonyl (C=O) groups is 2. The van der Waals surface area contributed by atoms with Crippen LogP contribution in [0.3, 0.4) is 0 Å². The normalized spacial score (nSPS) is 11.3. The van der Waals surface area contributed by atoms with E-state index >= 15 is 0 Å². The summed E-state index contributed by atoms with van der Waals surface area (Å²) >= 11 is 1.30. The van der Waals surface area contributed by atoms with Crippen molar-refractivity contribution in [2.45, 2.75) is 39.7 Å². The Morgan fingerprint density at radius 1 is 1.18 bits per heavy atom. The fourth-order valence-electron chi connectivity index (χ4n) is 2.34. The number of amides is 1. The van der Waals surface area contributed by atoms with Crippen LogP contribution >= 0.6 is 11.3 Å². The highest BCUT2D eigenvalue weighted by molar-refractivity contribution is 7.15. The number of rotatable bonds is 5. The molecule has 0 aliphatic carbocycles. The molecule has 0 saturated heterocycles. The molecule has 0 atom stereocenters. The highest BCUT2D eigenvalue weighted by atomic mass is 32.1. The molecule has 0 spiro atoms. The summed E-state index contributed by atoms with van der Waals surface area (Å²) in [5.74, 6) is -1.04. The van der Waals surface area contributed by atoms with Gasteiger partial charge in [-0.25, -0.2) is 9.48 Å². The number of benzene rings is 1. The van der Waals surface area contributed by atoms with Crippen LogP contribution in [-0.4, -0.2) is 37.5 Å². The largest absolute Gasteiger partial charge is 0.455 e. The van der Waals surface area contributed by atoms with Gasteiger partial charge >= 0.3 is 5.97 Å². The van der Waals surface area contributed by atoms with E-state index < -0.39 is 17.5 Å². The van der Waals surface area contributed by atoms with Crippen LogP contribution in [0.5, 0.6) is 0 Å². The number of hydrogen-bond acceptors (Lipinski definition) is 7. The molecule has 1 amide bonds. The summed E-state index contributed by atoms with van der Waals surface area (Å²) in [6, 6.07) is 10.5. The van der Waals surface area contributed by atoms with E-state index in [2.05, 4.69) is 20.6 Å². The summed E-state index contributed by atoms with van der Waals surface area (Å²) < 4.78 is 6.87. The predicted molar refractivity (Wildman–Crippen MR) is 106 cm³/mol. The van der Waals surface area contributed by atoms with Crippen LogP contribution in [0, 0.1) is 0 Å².